The number of aliphatic hydroxyl groups excluding tert-OH is 1. The quantitative estimate of drug-likeness (QED) is 0.799. The van der Waals surface area contributed by atoms with E-state index in [2.05, 4.69) is 0 Å². The summed E-state index contributed by atoms with van der Waals surface area (Å²) in [7, 11) is 0. The van der Waals surface area contributed by atoms with E-state index in [0.29, 0.717) is 17.9 Å². The molecular formula is C15H22N2O3. The molecule has 20 heavy (non-hydrogen) atoms. The van der Waals surface area contributed by atoms with Gasteiger partial charge < -0.3 is 20.5 Å². The molecule has 1 heterocycles. The van der Waals surface area contributed by atoms with Crippen molar-refractivity contribution >= 4 is 11.6 Å². The molecule has 0 radical (unpaired) electrons. The number of amides is 1. The fraction of sp³-hybridized carbons (Fsp3) is 0.533. The van der Waals surface area contributed by atoms with Gasteiger partial charge in [0.15, 0.2) is 6.61 Å². The van der Waals surface area contributed by atoms with Crippen molar-refractivity contribution < 1.29 is 14.6 Å². The zero-order valence-electron chi connectivity index (χ0n) is 11.6. The van der Waals surface area contributed by atoms with E-state index in [1.807, 2.05) is 17.0 Å². The number of benzene rings is 1. The van der Waals surface area contributed by atoms with Crippen LogP contribution in [0.2, 0.25) is 0 Å². The number of rotatable bonds is 5. The van der Waals surface area contributed by atoms with Crippen LogP contribution >= 0.6 is 0 Å². The Hall–Kier alpha value is -1.75. The number of anilines is 1. The largest absolute Gasteiger partial charge is 0.482 e. The highest BCUT2D eigenvalue weighted by Gasteiger charge is 2.26. The summed E-state index contributed by atoms with van der Waals surface area (Å²) in [6.07, 6.45) is 3.72. The molecule has 1 aliphatic heterocycles. The van der Waals surface area contributed by atoms with Crippen LogP contribution in [-0.2, 0) is 4.79 Å². The maximum absolute atomic E-state index is 12.2. The lowest BCUT2D eigenvalue weighted by atomic mass is 9.99. The van der Waals surface area contributed by atoms with Crippen LogP contribution in [0.4, 0.5) is 5.69 Å². The van der Waals surface area contributed by atoms with Gasteiger partial charge in [0, 0.05) is 19.2 Å². The number of hydrogen-bond acceptors (Lipinski definition) is 4. The summed E-state index contributed by atoms with van der Waals surface area (Å²) in [4.78, 5) is 14.1. The molecule has 1 aliphatic rings. The van der Waals surface area contributed by atoms with Crippen molar-refractivity contribution in [3.63, 3.8) is 0 Å². The van der Waals surface area contributed by atoms with E-state index in [9.17, 15) is 4.79 Å². The zero-order chi connectivity index (χ0) is 14.4. The third-order valence-corrected chi connectivity index (χ3v) is 3.68. The molecule has 2 rings (SSSR count). The molecule has 0 bridgehead atoms. The van der Waals surface area contributed by atoms with Crippen LogP contribution in [0.25, 0.3) is 0 Å². The Kier molecular flexibility index (Phi) is 5.24. The van der Waals surface area contributed by atoms with Gasteiger partial charge in [0.2, 0.25) is 0 Å². The summed E-state index contributed by atoms with van der Waals surface area (Å²) in [5.41, 5.74) is 6.31. The molecule has 0 aliphatic carbocycles. The normalized spacial score (nSPS) is 18.9. The van der Waals surface area contributed by atoms with Crippen molar-refractivity contribution in [3.05, 3.63) is 24.3 Å². The number of nitrogens with zero attached hydrogens (tertiary/aromatic N) is 1. The van der Waals surface area contributed by atoms with Crippen LogP contribution in [0.3, 0.4) is 0 Å². The third kappa shape index (κ3) is 3.63. The Bertz CT molecular complexity index is 448. The minimum absolute atomic E-state index is 0.00383. The van der Waals surface area contributed by atoms with E-state index in [1.54, 1.807) is 12.1 Å². The highest BCUT2D eigenvalue weighted by Crippen LogP contribution is 2.22. The minimum atomic E-state index is -0.0357. The zero-order valence-corrected chi connectivity index (χ0v) is 11.6. The van der Waals surface area contributed by atoms with Crippen molar-refractivity contribution in [2.75, 3.05) is 25.5 Å². The van der Waals surface area contributed by atoms with Crippen LogP contribution in [0.15, 0.2) is 24.3 Å². The molecule has 1 aromatic rings. The molecule has 1 unspecified atom stereocenters. The number of aliphatic hydroxyl groups is 1. The number of ether oxygens (including phenoxy) is 1. The number of carbonyl (C=O) groups is 1. The molecule has 1 fully saturated rings. The Balaban J connectivity index is 1.91. The van der Waals surface area contributed by atoms with Crippen molar-refractivity contribution in [1.29, 1.82) is 0 Å². The first-order chi connectivity index (χ1) is 9.72. The first-order valence-corrected chi connectivity index (χ1v) is 7.10. The number of likely N-dealkylation sites (tertiary alicyclic amines) is 1. The second-order valence-electron chi connectivity index (χ2n) is 5.08. The van der Waals surface area contributed by atoms with Gasteiger partial charge in [-0.25, -0.2) is 0 Å². The summed E-state index contributed by atoms with van der Waals surface area (Å²) in [5.74, 6) is 0.503. The van der Waals surface area contributed by atoms with Crippen LogP contribution in [0, 0.1) is 0 Å². The van der Waals surface area contributed by atoms with Gasteiger partial charge in [-0.2, -0.15) is 0 Å². The van der Waals surface area contributed by atoms with Gasteiger partial charge in [-0.15, -0.1) is 0 Å². The van der Waals surface area contributed by atoms with Crippen molar-refractivity contribution in [2.45, 2.75) is 31.7 Å². The predicted molar refractivity (Wildman–Crippen MR) is 77.4 cm³/mol. The molecule has 1 saturated heterocycles. The van der Waals surface area contributed by atoms with Crippen LogP contribution < -0.4 is 10.5 Å². The lowest BCUT2D eigenvalue weighted by molar-refractivity contribution is -0.137. The van der Waals surface area contributed by atoms with E-state index < -0.39 is 0 Å². The highest BCUT2D eigenvalue weighted by atomic mass is 16.5. The monoisotopic (exact) mass is 278 g/mol. The molecule has 1 atom stereocenters. The summed E-state index contributed by atoms with van der Waals surface area (Å²) < 4.78 is 5.50. The summed E-state index contributed by atoms with van der Waals surface area (Å²) >= 11 is 0. The topological polar surface area (TPSA) is 75.8 Å². The molecule has 110 valence electrons. The fourth-order valence-corrected chi connectivity index (χ4v) is 2.61. The number of carbonyl (C=O) groups excluding carboxylic acids is 1. The second kappa shape index (κ2) is 7.14. The highest BCUT2D eigenvalue weighted by molar-refractivity contribution is 5.78. The van der Waals surface area contributed by atoms with E-state index in [1.165, 1.54) is 0 Å². The molecule has 0 saturated carbocycles. The van der Waals surface area contributed by atoms with Crippen LogP contribution in [0.1, 0.15) is 25.7 Å². The fourth-order valence-electron chi connectivity index (χ4n) is 2.61. The summed E-state index contributed by atoms with van der Waals surface area (Å²) in [5, 5.41) is 9.08. The first kappa shape index (κ1) is 14.7. The maximum atomic E-state index is 12.2. The number of para-hydroxylation sites is 2. The number of piperidine rings is 1. The molecule has 5 heteroatoms. The van der Waals surface area contributed by atoms with Crippen LogP contribution in [-0.4, -0.2) is 41.7 Å². The number of nitrogens with two attached hydrogens (primary N) is 1. The lowest BCUT2D eigenvalue weighted by Crippen LogP contribution is -2.46. The second-order valence-corrected chi connectivity index (χ2v) is 5.08. The average Bonchev–Trinajstić information content (AvgIpc) is 2.47. The first-order valence-electron chi connectivity index (χ1n) is 7.10. The predicted octanol–water partition coefficient (Wildman–Crippen LogP) is 1.41. The molecule has 0 aromatic heterocycles. The Labute approximate surface area is 119 Å². The molecular weight excluding hydrogens is 256 g/mol. The maximum Gasteiger partial charge on any atom is 0.260 e. The van der Waals surface area contributed by atoms with E-state index in [0.717, 1.165) is 25.8 Å². The smallest absolute Gasteiger partial charge is 0.260 e. The Morgan fingerprint density at radius 3 is 2.95 bits per heavy atom. The van der Waals surface area contributed by atoms with Gasteiger partial charge in [0.05, 0.1) is 5.69 Å². The van der Waals surface area contributed by atoms with Gasteiger partial charge in [-0.05, 0) is 37.8 Å². The number of hydrogen-bond donors (Lipinski definition) is 2. The molecule has 0 spiro atoms. The van der Waals surface area contributed by atoms with Gasteiger partial charge in [-0.1, -0.05) is 12.1 Å². The summed E-state index contributed by atoms with van der Waals surface area (Å²) in [6, 6.07) is 7.29. The molecule has 5 nitrogen and oxygen atoms in total. The summed E-state index contributed by atoms with van der Waals surface area (Å²) in [6.45, 7) is 0.855. The van der Waals surface area contributed by atoms with Gasteiger partial charge >= 0.3 is 0 Å². The van der Waals surface area contributed by atoms with E-state index in [-0.39, 0.29) is 25.2 Å². The molecule has 1 aromatic carbocycles. The van der Waals surface area contributed by atoms with Crippen molar-refractivity contribution in [3.8, 4) is 5.75 Å². The Morgan fingerprint density at radius 1 is 1.40 bits per heavy atom. The van der Waals surface area contributed by atoms with Crippen LogP contribution in [0.5, 0.6) is 5.75 Å². The third-order valence-electron chi connectivity index (χ3n) is 3.68. The average molecular weight is 278 g/mol. The Morgan fingerprint density at radius 2 is 2.20 bits per heavy atom. The lowest BCUT2D eigenvalue weighted by Gasteiger charge is -2.35. The standard InChI is InChI=1S/C15H22N2O3/c16-13-6-1-2-7-14(13)20-11-15(19)17-9-4-3-5-12(17)8-10-18/h1-2,6-7,12,18H,3-5,8-11,16H2. The van der Waals surface area contributed by atoms with E-state index in [4.69, 9.17) is 15.6 Å². The van der Waals surface area contributed by atoms with Gasteiger partial charge in [0.1, 0.15) is 5.75 Å². The van der Waals surface area contributed by atoms with Gasteiger partial charge in [-0.3, -0.25) is 4.79 Å². The SMILES string of the molecule is Nc1ccccc1OCC(=O)N1CCCCC1CCO. The van der Waals surface area contributed by atoms with Gasteiger partial charge in [0.25, 0.3) is 5.91 Å². The minimum Gasteiger partial charge on any atom is -0.482 e. The number of nitrogen functional groups attached to an aromatic ring is 1. The van der Waals surface area contributed by atoms with Crippen molar-refractivity contribution in [2.24, 2.45) is 0 Å². The van der Waals surface area contributed by atoms with E-state index >= 15 is 0 Å². The molecule has 1 amide bonds. The van der Waals surface area contributed by atoms with Crippen molar-refractivity contribution in [1.82, 2.24) is 4.90 Å². The molecule has 3 N–H and O–H groups in total.